The fourth-order valence-electron chi connectivity index (χ4n) is 1.70. The van der Waals surface area contributed by atoms with Crippen LogP contribution in [0.2, 0.25) is 5.02 Å². The standard InChI is InChI=1S/C12H13Cl2NO4S/c1-15(9-3-4-9)12(16)7-19-10-5-2-8(13)6-11(10)20(14,17)18/h2,5-6,9H,3-4,7H2,1H3. The average molecular weight is 338 g/mol. The van der Waals surface area contributed by atoms with Gasteiger partial charge >= 0.3 is 0 Å². The third-order valence-electron chi connectivity index (χ3n) is 3.01. The zero-order valence-electron chi connectivity index (χ0n) is 10.7. The molecule has 5 nitrogen and oxygen atoms in total. The Bertz CT molecular complexity index is 628. The number of benzene rings is 1. The van der Waals surface area contributed by atoms with Gasteiger partial charge in [0, 0.05) is 28.8 Å². The van der Waals surface area contributed by atoms with E-state index in [0.29, 0.717) is 0 Å². The van der Waals surface area contributed by atoms with Gasteiger partial charge in [-0.1, -0.05) is 11.6 Å². The van der Waals surface area contributed by atoms with Gasteiger partial charge in [-0.2, -0.15) is 0 Å². The first kappa shape index (κ1) is 15.4. The molecule has 0 unspecified atom stereocenters. The summed E-state index contributed by atoms with van der Waals surface area (Å²) in [5.74, 6) is -0.192. The van der Waals surface area contributed by atoms with E-state index in [1.54, 1.807) is 11.9 Å². The van der Waals surface area contributed by atoms with E-state index in [4.69, 9.17) is 27.0 Å². The molecule has 1 aromatic rings. The van der Waals surface area contributed by atoms with Crippen LogP contribution in [0, 0.1) is 0 Å². The number of nitrogens with zero attached hydrogens (tertiary/aromatic N) is 1. The summed E-state index contributed by atoms with van der Waals surface area (Å²) in [5, 5.41) is 0.220. The Morgan fingerprint density at radius 1 is 1.45 bits per heavy atom. The van der Waals surface area contributed by atoms with Crippen LogP contribution in [-0.2, 0) is 13.8 Å². The number of likely N-dealkylation sites (N-methyl/N-ethyl adjacent to an activating group) is 1. The lowest BCUT2D eigenvalue weighted by atomic mass is 10.3. The van der Waals surface area contributed by atoms with Crippen LogP contribution in [0.5, 0.6) is 5.75 Å². The Kier molecular flexibility index (Phi) is 4.46. The smallest absolute Gasteiger partial charge is 0.265 e. The number of carbonyl (C=O) groups excluding carboxylic acids is 1. The summed E-state index contributed by atoms with van der Waals surface area (Å²) >= 11 is 5.73. The van der Waals surface area contributed by atoms with E-state index >= 15 is 0 Å². The van der Waals surface area contributed by atoms with Crippen molar-refractivity contribution in [3.8, 4) is 5.75 Å². The number of amides is 1. The second kappa shape index (κ2) is 5.79. The van der Waals surface area contributed by atoms with Crippen LogP contribution >= 0.6 is 22.3 Å². The van der Waals surface area contributed by atoms with Crippen LogP contribution in [0.4, 0.5) is 0 Å². The molecule has 8 heteroatoms. The zero-order valence-corrected chi connectivity index (χ0v) is 13.0. The molecule has 1 fully saturated rings. The quantitative estimate of drug-likeness (QED) is 0.773. The molecule has 0 radical (unpaired) electrons. The molecule has 0 aromatic heterocycles. The highest BCUT2D eigenvalue weighted by Crippen LogP contribution is 2.30. The number of carbonyl (C=O) groups is 1. The molecule has 20 heavy (non-hydrogen) atoms. The van der Waals surface area contributed by atoms with E-state index < -0.39 is 9.05 Å². The number of rotatable bonds is 5. The van der Waals surface area contributed by atoms with Crippen LogP contribution in [0.15, 0.2) is 23.1 Å². The van der Waals surface area contributed by atoms with Gasteiger partial charge in [-0.25, -0.2) is 8.42 Å². The summed E-state index contributed by atoms with van der Waals surface area (Å²) in [6.45, 7) is -0.242. The molecule has 0 spiro atoms. The summed E-state index contributed by atoms with van der Waals surface area (Å²) in [6.07, 6.45) is 1.98. The lowest BCUT2D eigenvalue weighted by molar-refractivity contribution is -0.132. The molecular formula is C12H13Cl2NO4S. The van der Waals surface area contributed by atoms with Crippen molar-refractivity contribution in [3.63, 3.8) is 0 Å². The Balaban J connectivity index is 2.11. The minimum atomic E-state index is -3.99. The molecular weight excluding hydrogens is 325 g/mol. The fraction of sp³-hybridized carbons (Fsp3) is 0.417. The van der Waals surface area contributed by atoms with Gasteiger partial charge in [-0.05, 0) is 31.0 Å². The van der Waals surface area contributed by atoms with E-state index in [9.17, 15) is 13.2 Å². The van der Waals surface area contributed by atoms with Crippen molar-refractivity contribution in [3.05, 3.63) is 23.2 Å². The molecule has 1 saturated carbocycles. The molecule has 1 aromatic carbocycles. The van der Waals surface area contributed by atoms with Crippen LogP contribution in [0.1, 0.15) is 12.8 Å². The monoisotopic (exact) mass is 337 g/mol. The van der Waals surface area contributed by atoms with Gasteiger partial charge in [-0.3, -0.25) is 4.79 Å². The van der Waals surface area contributed by atoms with Crippen LogP contribution < -0.4 is 4.74 Å². The molecule has 1 aliphatic carbocycles. The number of ether oxygens (including phenoxy) is 1. The molecule has 0 N–H and O–H groups in total. The second-order valence-corrected chi connectivity index (χ2v) is 7.52. The molecule has 0 aliphatic heterocycles. The Morgan fingerprint density at radius 2 is 2.10 bits per heavy atom. The van der Waals surface area contributed by atoms with Gasteiger partial charge in [0.15, 0.2) is 6.61 Å². The highest BCUT2D eigenvalue weighted by Gasteiger charge is 2.29. The number of halogens is 2. The molecule has 0 heterocycles. The SMILES string of the molecule is CN(C(=O)COc1ccc(Cl)cc1S(=O)(=O)Cl)C1CC1. The van der Waals surface area contributed by atoms with Gasteiger partial charge in [-0.15, -0.1) is 0 Å². The van der Waals surface area contributed by atoms with Crippen molar-refractivity contribution in [1.82, 2.24) is 4.90 Å². The van der Waals surface area contributed by atoms with Crippen molar-refractivity contribution < 1.29 is 17.9 Å². The van der Waals surface area contributed by atoms with Crippen molar-refractivity contribution in [1.29, 1.82) is 0 Å². The summed E-state index contributed by atoms with van der Waals surface area (Å²) in [5.41, 5.74) is 0. The van der Waals surface area contributed by atoms with Gasteiger partial charge < -0.3 is 9.64 Å². The lowest BCUT2D eigenvalue weighted by Gasteiger charge is -2.17. The Morgan fingerprint density at radius 3 is 2.65 bits per heavy atom. The maximum Gasteiger partial charge on any atom is 0.265 e. The van der Waals surface area contributed by atoms with E-state index in [1.165, 1.54) is 18.2 Å². The van der Waals surface area contributed by atoms with Crippen molar-refractivity contribution in [2.45, 2.75) is 23.8 Å². The van der Waals surface area contributed by atoms with E-state index in [-0.39, 0.29) is 34.2 Å². The highest BCUT2D eigenvalue weighted by atomic mass is 35.7. The Hall–Kier alpha value is -0.980. The molecule has 1 amide bonds. The third-order valence-corrected chi connectivity index (χ3v) is 4.59. The van der Waals surface area contributed by atoms with Crippen LogP contribution in [0.25, 0.3) is 0 Å². The Labute approximate surface area is 126 Å². The summed E-state index contributed by atoms with van der Waals surface area (Å²) in [7, 11) is 3.02. The lowest BCUT2D eigenvalue weighted by Crippen LogP contribution is -2.33. The van der Waals surface area contributed by atoms with E-state index in [1.807, 2.05) is 0 Å². The summed E-state index contributed by atoms with van der Waals surface area (Å²) in [6, 6.07) is 4.31. The van der Waals surface area contributed by atoms with Crippen LogP contribution in [-0.4, -0.2) is 38.9 Å². The largest absolute Gasteiger partial charge is 0.482 e. The topological polar surface area (TPSA) is 63.7 Å². The van der Waals surface area contributed by atoms with Crippen molar-refractivity contribution in [2.75, 3.05) is 13.7 Å². The van der Waals surface area contributed by atoms with E-state index in [2.05, 4.69) is 0 Å². The third kappa shape index (κ3) is 3.77. The highest BCUT2D eigenvalue weighted by molar-refractivity contribution is 8.13. The molecule has 0 bridgehead atoms. The predicted octanol–water partition coefficient (Wildman–Crippen LogP) is 2.27. The molecule has 110 valence electrons. The summed E-state index contributed by atoms with van der Waals surface area (Å²) in [4.78, 5) is 13.2. The number of hydrogen-bond donors (Lipinski definition) is 0. The second-order valence-electron chi connectivity index (χ2n) is 4.55. The predicted molar refractivity (Wildman–Crippen MR) is 75.8 cm³/mol. The first-order chi connectivity index (χ1) is 9.29. The van der Waals surface area contributed by atoms with Crippen molar-refractivity contribution >= 4 is 37.2 Å². The van der Waals surface area contributed by atoms with Gasteiger partial charge in [0.25, 0.3) is 15.0 Å². The summed E-state index contributed by atoms with van der Waals surface area (Å²) < 4.78 is 28.1. The molecule has 2 rings (SSSR count). The van der Waals surface area contributed by atoms with Crippen molar-refractivity contribution in [2.24, 2.45) is 0 Å². The van der Waals surface area contributed by atoms with E-state index in [0.717, 1.165) is 12.8 Å². The average Bonchev–Trinajstić information content (AvgIpc) is 3.19. The molecule has 0 atom stereocenters. The maximum absolute atomic E-state index is 11.8. The van der Waals surface area contributed by atoms with Gasteiger partial charge in [0.2, 0.25) is 0 Å². The van der Waals surface area contributed by atoms with Gasteiger partial charge in [0.05, 0.1) is 0 Å². The zero-order chi connectivity index (χ0) is 14.9. The minimum absolute atomic E-state index is 0.0157. The normalized spacial score (nSPS) is 14.9. The molecule has 1 aliphatic rings. The number of hydrogen-bond acceptors (Lipinski definition) is 4. The van der Waals surface area contributed by atoms with Gasteiger partial charge in [0.1, 0.15) is 10.6 Å². The fourth-order valence-corrected chi connectivity index (χ4v) is 2.93. The maximum atomic E-state index is 11.8. The van der Waals surface area contributed by atoms with Crippen LogP contribution in [0.3, 0.4) is 0 Å². The molecule has 0 saturated heterocycles. The first-order valence-corrected chi connectivity index (χ1v) is 8.60. The first-order valence-electron chi connectivity index (χ1n) is 5.91. The minimum Gasteiger partial charge on any atom is -0.482 e.